The van der Waals surface area contributed by atoms with Crippen molar-refractivity contribution in [1.29, 1.82) is 0 Å². The molecule has 1 rings (SSSR count). The van der Waals surface area contributed by atoms with Crippen LogP contribution in [-0.4, -0.2) is 47.5 Å². The maximum absolute atomic E-state index is 12.1. The molecule has 1 aliphatic rings. The molecule has 7 nitrogen and oxygen atoms in total. The average molecular weight is 327 g/mol. The lowest BCUT2D eigenvalue weighted by Crippen LogP contribution is -2.51. The van der Waals surface area contributed by atoms with Gasteiger partial charge in [-0.05, 0) is 46.0 Å². The molecule has 0 saturated carbocycles. The third kappa shape index (κ3) is 6.46. The summed E-state index contributed by atoms with van der Waals surface area (Å²) in [5.41, 5.74) is 4.56. The number of hydrogen-bond acceptors (Lipinski definition) is 4. The molecule has 0 radical (unpaired) electrons. The Balaban J connectivity index is 2.59. The van der Waals surface area contributed by atoms with E-state index < -0.39 is 17.6 Å². The van der Waals surface area contributed by atoms with E-state index in [2.05, 4.69) is 12.2 Å². The number of ether oxygens (including phenoxy) is 1. The highest BCUT2D eigenvalue weighted by Crippen LogP contribution is 2.27. The second-order valence-electron chi connectivity index (χ2n) is 7.39. The summed E-state index contributed by atoms with van der Waals surface area (Å²) < 4.78 is 5.22. The Kier molecular flexibility index (Phi) is 6.41. The van der Waals surface area contributed by atoms with E-state index in [1.165, 1.54) is 0 Å². The topological polar surface area (TPSA) is 102 Å². The van der Waals surface area contributed by atoms with Crippen LogP contribution in [0.5, 0.6) is 0 Å². The second kappa shape index (κ2) is 7.66. The summed E-state index contributed by atoms with van der Waals surface area (Å²) in [6, 6.07) is 0.0645. The van der Waals surface area contributed by atoms with Gasteiger partial charge in [-0.1, -0.05) is 6.92 Å². The number of nitrogens with zero attached hydrogens (tertiary/aromatic N) is 1. The van der Waals surface area contributed by atoms with Crippen LogP contribution in [-0.2, 0) is 14.3 Å². The van der Waals surface area contributed by atoms with Gasteiger partial charge in [0.2, 0.25) is 11.8 Å². The fraction of sp³-hybridized carbons (Fsp3) is 0.812. The molecule has 1 aliphatic heterocycles. The van der Waals surface area contributed by atoms with Crippen LogP contribution in [0.3, 0.4) is 0 Å². The van der Waals surface area contributed by atoms with Gasteiger partial charge in [0.05, 0.1) is 0 Å². The van der Waals surface area contributed by atoms with Crippen LogP contribution >= 0.6 is 0 Å². The fourth-order valence-electron chi connectivity index (χ4n) is 2.86. The van der Waals surface area contributed by atoms with Crippen molar-refractivity contribution in [2.75, 3.05) is 13.1 Å². The van der Waals surface area contributed by atoms with Crippen molar-refractivity contribution in [3.63, 3.8) is 0 Å². The molecule has 3 unspecified atom stereocenters. The summed E-state index contributed by atoms with van der Waals surface area (Å²) in [7, 11) is 0. The molecular formula is C16H29N3O4. The fourth-order valence-corrected chi connectivity index (χ4v) is 2.86. The highest BCUT2D eigenvalue weighted by atomic mass is 16.6. The summed E-state index contributed by atoms with van der Waals surface area (Å²) in [4.78, 5) is 36.5. The monoisotopic (exact) mass is 327 g/mol. The van der Waals surface area contributed by atoms with Crippen molar-refractivity contribution in [1.82, 2.24) is 10.2 Å². The van der Waals surface area contributed by atoms with Crippen LogP contribution in [0, 0.1) is 11.8 Å². The SMILES string of the molecule is CC1CC(C)N(C(=O)CC(N)=O)CC1CNC(=O)OC(C)(C)C. The van der Waals surface area contributed by atoms with Crippen LogP contribution in [0.1, 0.15) is 47.5 Å². The first-order valence-electron chi connectivity index (χ1n) is 8.04. The predicted octanol–water partition coefficient (Wildman–Crippen LogP) is 1.26. The molecule has 0 aromatic carbocycles. The number of nitrogens with one attached hydrogen (secondary N) is 1. The zero-order valence-corrected chi connectivity index (χ0v) is 14.7. The molecule has 3 amide bonds. The molecule has 0 spiro atoms. The van der Waals surface area contributed by atoms with Gasteiger partial charge in [0.25, 0.3) is 0 Å². The van der Waals surface area contributed by atoms with Gasteiger partial charge in [0.1, 0.15) is 12.0 Å². The minimum atomic E-state index is -0.621. The van der Waals surface area contributed by atoms with Gasteiger partial charge in [-0.15, -0.1) is 0 Å². The summed E-state index contributed by atoms with van der Waals surface area (Å²) in [5.74, 6) is -0.392. The minimum absolute atomic E-state index is 0.0645. The number of likely N-dealkylation sites (tertiary alicyclic amines) is 1. The van der Waals surface area contributed by atoms with Crippen LogP contribution in [0.25, 0.3) is 0 Å². The maximum Gasteiger partial charge on any atom is 0.407 e. The quantitative estimate of drug-likeness (QED) is 0.759. The van der Waals surface area contributed by atoms with E-state index in [0.717, 1.165) is 6.42 Å². The molecule has 0 bridgehead atoms. The molecule has 3 atom stereocenters. The van der Waals surface area contributed by atoms with Gasteiger partial charge in [0, 0.05) is 19.1 Å². The number of primary amides is 1. The lowest BCUT2D eigenvalue weighted by atomic mass is 9.83. The second-order valence-corrected chi connectivity index (χ2v) is 7.39. The van der Waals surface area contributed by atoms with Gasteiger partial charge in [-0.25, -0.2) is 4.79 Å². The lowest BCUT2D eigenvalue weighted by Gasteiger charge is -2.41. The lowest BCUT2D eigenvalue weighted by molar-refractivity contribution is -0.139. The Hall–Kier alpha value is -1.79. The number of piperidine rings is 1. The third-order valence-corrected chi connectivity index (χ3v) is 4.03. The molecule has 132 valence electrons. The molecular weight excluding hydrogens is 298 g/mol. The Labute approximate surface area is 137 Å². The molecule has 1 heterocycles. The largest absolute Gasteiger partial charge is 0.444 e. The number of rotatable bonds is 4. The van der Waals surface area contributed by atoms with Crippen LogP contribution in [0.2, 0.25) is 0 Å². The number of alkyl carbamates (subject to hydrolysis) is 1. The Morgan fingerprint density at radius 1 is 1.26 bits per heavy atom. The maximum atomic E-state index is 12.1. The molecule has 0 aromatic rings. The predicted molar refractivity (Wildman–Crippen MR) is 86.5 cm³/mol. The Morgan fingerprint density at radius 2 is 1.87 bits per heavy atom. The standard InChI is InChI=1S/C16H29N3O4/c1-10-6-11(2)19(14(21)7-13(17)20)9-12(10)8-18-15(22)23-16(3,4)5/h10-12H,6-9H2,1-5H3,(H2,17,20)(H,18,22). The highest BCUT2D eigenvalue weighted by molar-refractivity contribution is 5.96. The first kappa shape index (κ1) is 19.3. The summed E-state index contributed by atoms with van der Waals surface area (Å²) >= 11 is 0. The van der Waals surface area contributed by atoms with Gasteiger partial charge < -0.3 is 20.7 Å². The molecule has 7 heteroatoms. The minimum Gasteiger partial charge on any atom is -0.444 e. The summed E-state index contributed by atoms with van der Waals surface area (Å²) in [6.07, 6.45) is 0.0918. The van der Waals surface area contributed by atoms with E-state index in [-0.39, 0.29) is 24.3 Å². The van der Waals surface area contributed by atoms with E-state index in [0.29, 0.717) is 19.0 Å². The molecule has 23 heavy (non-hydrogen) atoms. The van der Waals surface area contributed by atoms with E-state index in [1.54, 1.807) is 4.90 Å². The molecule has 3 N–H and O–H groups in total. The number of amides is 3. The summed E-state index contributed by atoms with van der Waals surface area (Å²) in [5, 5.41) is 2.76. The number of hydrogen-bond donors (Lipinski definition) is 2. The average Bonchev–Trinajstić information content (AvgIpc) is 2.34. The van der Waals surface area contributed by atoms with Crippen molar-refractivity contribution in [2.45, 2.75) is 59.1 Å². The number of carbonyl (C=O) groups is 3. The van der Waals surface area contributed by atoms with Crippen molar-refractivity contribution in [3.05, 3.63) is 0 Å². The van der Waals surface area contributed by atoms with E-state index in [9.17, 15) is 14.4 Å². The first-order valence-corrected chi connectivity index (χ1v) is 8.04. The summed E-state index contributed by atoms with van der Waals surface area (Å²) in [6.45, 7) is 10.4. The zero-order valence-electron chi connectivity index (χ0n) is 14.7. The van der Waals surface area contributed by atoms with Crippen LogP contribution in [0.15, 0.2) is 0 Å². The Bertz CT molecular complexity index is 459. The number of nitrogens with two attached hydrogens (primary N) is 1. The third-order valence-electron chi connectivity index (χ3n) is 4.03. The van der Waals surface area contributed by atoms with Gasteiger partial charge in [-0.2, -0.15) is 0 Å². The van der Waals surface area contributed by atoms with Gasteiger partial charge >= 0.3 is 6.09 Å². The molecule has 0 aromatic heterocycles. The Morgan fingerprint density at radius 3 is 2.39 bits per heavy atom. The molecule has 1 saturated heterocycles. The first-order chi connectivity index (χ1) is 10.5. The number of carbonyl (C=O) groups excluding carboxylic acids is 3. The normalized spacial score (nSPS) is 24.9. The van der Waals surface area contributed by atoms with E-state index >= 15 is 0 Å². The van der Waals surface area contributed by atoms with Crippen molar-refractivity contribution in [2.24, 2.45) is 17.6 Å². The van der Waals surface area contributed by atoms with E-state index in [4.69, 9.17) is 10.5 Å². The van der Waals surface area contributed by atoms with Crippen molar-refractivity contribution >= 4 is 17.9 Å². The zero-order chi connectivity index (χ0) is 17.8. The molecule has 0 aliphatic carbocycles. The van der Waals surface area contributed by atoms with Crippen LogP contribution < -0.4 is 11.1 Å². The highest BCUT2D eigenvalue weighted by Gasteiger charge is 2.34. The van der Waals surface area contributed by atoms with Gasteiger partial charge in [0.15, 0.2) is 0 Å². The van der Waals surface area contributed by atoms with Crippen molar-refractivity contribution < 1.29 is 19.1 Å². The molecule has 1 fully saturated rings. The van der Waals surface area contributed by atoms with E-state index in [1.807, 2.05) is 27.7 Å². The van der Waals surface area contributed by atoms with Crippen molar-refractivity contribution in [3.8, 4) is 0 Å². The van der Waals surface area contributed by atoms with Crippen LogP contribution in [0.4, 0.5) is 4.79 Å². The smallest absolute Gasteiger partial charge is 0.407 e. The van der Waals surface area contributed by atoms with Gasteiger partial charge in [-0.3, -0.25) is 9.59 Å².